The van der Waals surface area contributed by atoms with Gasteiger partial charge in [0, 0.05) is 46.6 Å². The molecule has 0 unspecified atom stereocenters. The van der Waals surface area contributed by atoms with Crippen LogP contribution in [-0.2, 0) is 0 Å². The van der Waals surface area contributed by atoms with Gasteiger partial charge < -0.3 is 5.73 Å². The minimum absolute atomic E-state index is 0.316. The van der Waals surface area contributed by atoms with Gasteiger partial charge in [0.1, 0.15) is 12.3 Å². The average Bonchev–Trinajstić information content (AvgIpc) is 2.55. The molecular formula is C17H22Cl2FN3S. The zero-order valence-corrected chi connectivity index (χ0v) is 16.3. The van der Waals surface area contributed by atoms with Gasteiger partial charge >= 0.3 is 0 Å². The molecule has 0 bridgehead atoms. The molecule has 0 radical (unpaired) electrons. The highest BCUT2D eigenvalue weighted by molar-refractivity contribution is 7.91. The Bertz CT molecular complexity index is 599. The lowest BCUT2D eigenvalue weighted by molar-refractivity contribution is 0.280. The molecule has 1 aliphatic heterocycles. The van der Waals surface area contributed by atoms with Crippen LogP contribution in [0.5, 0.6) is 0 Å². The number of benzene rings is 1. The predicted octanol–water partition coefficient (Wildman–Crippen LogP) is 5.92. The van der Waals surface area contributed by atoms with E-state index in [2.05, 4.69) is 4.98 Å². The maximum atomic E-state index is 11.9. The molecule has 24 heavy (non-hydrogen) atoms. The quantitative estimate of drug-likeness (QED) is 0.510. The van der Waals surface area contributed by atoms with E-state index in [1.165, 1.54) is 0 Å². The second-order valence-electron chi connectivity index (χ2n) is 4.98. The topological polar surface area (TPSA) is 42.1 Å². The molecule has 1 saturated heterocycles. The second-order valence-corrected chi connectivity index (χ2v) is 6.45. The minimum Gasteiger partial charge on any atom is -0.399 e. The van der Waals surface area contributed by atoms with E-state index in [-0.39, 0.29) is 0 Å². The Labute approximate surface area is 157 Å². The number of rotatable bonds is 2. The molecule has 0 atom stereocenters. The molecule has 7 heteroatoms. The highest BCUT2D eigenvalue weighted by Crippen LogP contribution is 2.30. The smallest absolute Gasteiger partial charge is 0.134 e. The first-order valence-electron chi connectivity index (χ1n) is 7.67. The Morgan fingerprint density at radius 2 is 1.79 bits per heavy atom. The fraction of sp³-hybridized carbons (Fsp3) is 0.353. The third-order valence-corrected chi connectivity index (χ3v) is 4.63. The first-order valence-corrected chi connectivity index (χ1v) is 9.10. The van der Waals surface area contributed by atoms with Crippen molar-refractivity contribution in [2.75, 3.05) is 18.8 Å². The molecule has 2 heterocycles. The Morgan fingerprint density at radius 3 is 2.25 bits per heavy atom. The number of anilines is 1. The second kappa shape index (κ2) is 10.8. The Hall–Kier alpha value is -1.01. The molecular weight excluding hydrogens is 368 g/mol. The monoisotopic (exact) mass is 389 g/mol. The molecule has 0 saturated carbocycles. The van der Waals surface area contributed by atoms with Crippen molar-refractivity contribution in [2.45, 2.75) is 26.7 Å². The van der Waals surface area contributed by atoms with Crippen molar-refractivity contribution >= 4 is 41.2 Å². The summed E-state index contributed by atoms with van der Waals surface area (Å²) in [6, 6.07) is 9.22. The van der Waals surface area contributed by atoms with Gasteiger partial charge in [0.2, 0.25) is 0 Å². The molecule has 3 rings (SSSR count). The van der Waals surface area contributed by atoms with Crippen LogP contribution in [0.2, 0.25) is 10.0 Å². The first kappa shape index (κ1) is 21.0. The SMILES string of the molecule is CC.Cc1c(Cl)cc(N)cc1Cl.FSN1CC(c2ccccn2)C1. The van der Waals surface area contributed by atoms with Crippen LogP contribution < -0.4 is 5.73 Å². The largest absolute Gasteiger partial charge is 0.399 e. The molecule has 0 amide bonds. The maximum absolute atomic E-state index is 11.9. The third kappa shape index (κ3) is 6.13. The van der Waals surface area contributed by atoms with Crippen molar-refractivity contribution in [3.63, 3.8) is 0 Å². The Morgan fingerprint density at radius 1 is 1.21 bits per heavy atom. The molecule has 1 aromatic carbocycles. The summed E-state index contributed by atoms with van der Waals surface area (Å²) in [5, 5.41) is 1.23. The number of nitrogens with two attached hydrogens (primary N) is 1. The van der Waals surface area contributed by atoms with Crippen LogP contribution >= 0.6 is 35.5 Å². The van der Waals surface area contributed by atoms with Gasteiger partial charge in [0.15, 0.2) is 0 Å². The van der Waals surface area contributed by atoms with Crippen LogP contribution in [-0.4, -0.2) is 22.4 Å². The normalized spacial score (nSPS) is 13.9. The zero-order valence-electron chi connectivity index (χ0n) is 14.0. The highest BCUT2D eigenvalue weighted by Gasteiger charge is 2.29. The lowest BCUT2D eigenvalue weighted by Crippen LogP contribution is -2.39. The first-order chi connectivity index (χ1) is 11.5. The molecule has 0 aliphatic carbocycles. The van der Waals surface area contributed by atoms with Gasteiger partial charge in [-0.05, 0) is 36.8 Å². The average molecular weight is 390 g/mol. The van der Waals surface area contributed by atoms with Crippen molar-refractivity contribution in [3.05, 3.63) is 57.8 Å². The number of hydrogen-bond donors (Lipinski definition) is 1. The molecule has 1 aliphatic rings. The summed E-state index contributed by atoms with van der Waals surface area (Å²) in [5.74, 6) is 0.425. The van der Waals surface area contributed by atoms with Gasteiger partial charge in [-0.2, -0.15) is 0 Å². The summed E-state index contributed by atoms with van der Waals surface area (Å²) >= 11 is 11.8. The van der Waals surface area contributed by atoms with E-state index < -0.39 is 0 Å². The zero-order chi connectivity index (χ0) is 18.1. The van der Waals surface area contributed by atoms with E-state index >= 15 is 0 Å². The number of nitrogens with zero attached hydrogens (tertiary/aromatic N) is 2. The van der Waals surface area contributed by atoms with E-state index in [1.54, 1.807) is 22.6 Å². The summed E-state index contributed by atoms with van der Waals surface area (Å²) in [6.07, 6.45) is 1.78. The predicted molar refractivity (Wildman–Crippen MR) is 104 cm³/mol. The molecule has 0 spiro atoms. The van der Waals surface area contributed by atoms with E-state index in [9.17, 15) is 3.89 Å². The standard InChI is InChI=1S/C8H9FN2S.C7H7Cl2N.C2H6/c9-12-11-5-7(6-11)8-3-1-2-4-10-8;1-4-6(8)2-5(10)3-7(4)9;1-2/h1-4,7H,5-6H2;2-3H,10H2,1H3;1-2H3. The number of pyridine rings is 1. The van der Waals surface area contributed by atoms with Crippen LogP contribution in [0.25, 0.3) is 0 Å². The summed E-state index contributed by atoms with van der Waals surface area (Å²) in [5.41, 5.74) is 8.00. The lowest BCUT2D eigenvalue weighted by atomic mass is 9.99. The van der Waals surface area contributed by atoms with Crippen molar-refractivity contribution in [1.29, 1.82) is 0 Å². The van der Waals surface area contributed by atoms with E-state index in [1.807, 2.05) is 39.0 Å². The maximum Gasteiger partial charge on any atom is 0.134 e. The van der Waals surface area contributed by atoms with Gasteiger partial charge in [-0.15, -0.1) is 3.89 Å². The summed E-state index contributed by atoms with van der Waals surface area (Å²) in [4.78, 5) is 4.21. The molecule has 1 aromatic heterocycles. The number of halogens is 3. The van der Waals surface area contributed by atoms with Crippen molar-refractivity contribution in [1.82, 2.24) is 9.29 Å². The van der Waals surface area contributed by atoms with Crippen LogP contribution in [0.15, 0.2) is 36.5 Å². The van der Waals surface area contributed by atoms with Gasteiger partial charge in [-0.25, -0.2) is 4.31 Å². The fourth-order valence-electron chi connectivity index (χ4n) is 1.96. The van der Waals surface area contributed by atoms with Gasteiger partial charge in [-0.1, -0.05) is 43.1 Å². The molecule has 3 nitrogen and oxygen atoms in total. The number of aromatic nitrogens is 1. The van der Waals surface area contributed by atoms with Crippen molar-refractivity contribution < 1.29 is 3.89 Å². The van der Waals surface area contributed by atoms with Crippen LogP contribution in [0.4, 0.5) is 9.57 Å². The van der Waals surface area contributed by atoms with Crippen molar-refractivity contribution in [2.24, 2.45) is 0 Å². The van der Waals surface area contributed by atoms with E-state index in [4.69, 9.17) is 28.9 Å². The Kier molecular flexibility index (Phi) is 9.44. The molecule has 1 fully saturated rings. The molecule has 132 valence electrons. The molecule has 2 aromatic rings. The lowest BCUT2D eigenvalue weighted by Gasteiger charge is -2.34. The summed E-state index contributed by atoms with van der Waals surface area (Å²) < 4.78 is 13.6. The van der Waals surface area contributed by atoms with Gasteiger partial charge in [0.05, 0.1) is 0 Å². The van der Waals surface area contributed by atoms with Gasteiger partial charge in [0.25, 0.3) is 0 Å². The minimum atomic E-state index is 0.316. The summed E-state index contributed by atoms with van der Waals surface area (Å²) in [6.45, 7) is 7.40. The van der Waals surface area contributed by atoms with Crippen LogP contribution in [0, 0.1) is 6.92 Å². The number of hydrogen-bond acceptors (Lipinski definition) is 4. The van der Waals surface area contributed by atoms with Gasteiger partial charge in [-0.3, -0.25) is 4.98 Å². The van der Waals surface area contributed by atoms with Crippen molar-refractivity contribution in [3.8, 4) is 0 Å². The van der Waals surface area contributed by atoms with Crippen LogP contribution in [0.3, 0.4) is 0 Å². The van der Waals surface area contributed by atoms with E-state index in [0.29, 0.717) is 34.0 Å². The third-order valence-electron chi connectivity index (χ3n) is 3.35. The molecule has 2 N–H and O–H groups in total. The Balaban J connectivity index is 0.000000221. The summed E-state index contributed by atoms with van der Waals surface area (Å²) in [7, 11) is 0. The fourth-order valence-corrected chi connectivity index (χ4v) is 2.94. The number of nitrogen functional groups attached to an aromatic ring is 1. The highest BCUT2D eigenvalue weighted by atomic mass is 35.5. The van der Waals surface area contributed by atoms with E-state index in [0.717, 1.165) is 24.3 Å². The van der Waals surface area contributed by atoms with Crippen LogP contribution in [0.1, 0.15) is 31.0 Å².